The molecule has 2 N–H and O–H groups in total. The number of piperidine rings is 1. The van der Waals surface area contributed by atoms with Crippen LogP contribution in [-0.4, -0.2) is 30.7 Å². The number of carbonyl (C=O) groups excluding carboxylic acids is 1. The van der Waals surface area contributed by atoms with Crippen molar-refractivity contribution in [3.8, 4) is 0 Å². The highest BCUT2D eigenvalue weighted by Gasteiger charge is 2.27. The second kappa shape index (κ2) is 6.23. The van der Waals surface area contributed by atoms with Crippen molar-refractivity contribution < 1.29 is 18.0 Å². The number of nitrogens with one attached hydrogen (secondary N) is 2. The first-order valence-electron chi connectivity index (χ1n) is 5.99. The minimum absolute atomic E-state index is 0.0427. The molecule has 0 aromatic rings. The summed E-state index contributed by atoms with van der Waals surface area (Å²) in [6.07, 6.45) is -2.62. The van der Waals surface area contributed by atoms with Crippen LogP contribution in [-0.2, 0) is 4.79 Å². The number of alkyl halides is 3. The van der Waals surface area contributed by atoms with E-state index in [2.05, 4.69) is 10.6 Å². The summed E-state index contributed by atoms with van der Waals surface area (Å²) in [4.78, 5) is 11.4. The lowest BCUT2D eigenvalue weighted by molar-refractivity contribution is -0.136. The number of hydrogen-bond donors (Lipinski definition) is 2. The van der Waals surface area contributed by atoms with Crippen LogP contribution >= 0.6 is 0 Å². The fourth-order valence-corrected chi connectivity index (χ4v) is 1.97. The number of hydrogen-bond acceptors (Lipinski definition) is 2. The molecule has 1 heterocycles. The molecule has 100 valence electrons. The van der Waals surface area contributed by atoms with Gasteiger partial charge in [-0.3, -0.25) is 4.79 Å². The average molecular weight is 252 g/mol. The molecular weight excluding hydrogens is 233 g/mol. The molecule has 0 saturated carbocycles. The van der Waals surface area contributed by atoms with Crippen LogP contribution in [0, 0.1) is 0 Å². The van der Waals surface area contributed by atoms with Gasteiger partial charge in [-0.1, -0.05) is 0 Å². The Hall–Kier alpha value is -0.780. The van der Waals surface area contributed by atoms with E-state index in [0.717, 1.165) is 12.8 Å². The second-order valence-electron chi connectivity index (χ2n) is 4.56. The standard InChI is InChI=1S/C11H19F3N2O/c1-8(4-2-6-11(12,13)14)16-9-5-3-7-15-10(9)17/h8-9,16H,2-7H2,1H3,(H,15,17). The Balaban J connectivity index is 2.20. The van der Waals surface area contributed by atoms with Crippen LogP contribution in [0.1, 0.15) is 39.0 Å². The Morgan fingerprint density at radius 3 is 2.82 bits per heavy atom. The molecule has 0 aliphatic carbocycles. The van der Waals surface area contributed by atoms with Crippen molar-refractivity contribution in [3.05, 3.63) is 0 Å². The second-order valence-corrected chi connectivity index (χ2v) is 4.56. The Labute approximate surface area is 99.1 Å². The van der Waals surface area contributed by atoms with E-state index < -0.39 is 12.6 Å². The van der Waals surface area contributed by atoms with Gasteiger partial charge in [-0.2, -0.15) is 13.2 Å². The summed E-state index contributed by atoms with van der Waals surface area (Å²) in [6, 6.07) is -0.309. The van der Waals surface area contributed by atoms with E-state index in [1.165, 1.54) is 0 Å². The van der Waals surface area contributed by atoms with E-state index in [4.69, 9.17) is 0 Å². The van der Waals surface area contributed by atoms with E-state index in [1.54, 1.807) is 0 Å². The highest BCUT2D eigenvalue weighted by Crippen LogP contribution is 2.22. The molecule has 2 atom stereocenters. The molecular formula is C11H19F3N2O. The van der Waals surface area contributed by atoms with Gasteiger partial charge in [0.25, 0.3) is 0 Å². The summed E-state index contributed by atoms with van der Waals surface area (Å²) in [7, 11) is 0. The highest BCUT2D eigenvalue weighted by atomic mass is 19.4. The van der Waals surface area contributed by atoms with Crippen molar-refractivity contribution in [2.24, 2.45) is 0 Å². The van der Waals surface area contributed by atoms with Gasteiger partial charge in [0.15, 0.2) is 0 Å². The predicted octanol–water partition coefficient (Wildman–Crippen LogP) is 1.98. The lowest BCUT2D eigenvalue weighted by atomic mass is 10.0. The molecule has 0 bridgehead atoms. The van der Waals surface area contributed by atoms with Gasteiger partial charge in [0, 0.05) is 19.0 Å². The van der Waals surface area contributed by atoms with E-state index in [0.29, 0.717) is 13.0 Å². The third-order valence-corrected chi connectivity index (χ3v) is 2.87. The molecule has 1 aliphatic rings. The van der Waals surface area contributed by atoms with Crippen molar-refractivity contribution in [1.82, 2.24) is 10.6 Å². The molecule has 1 aliphatic heterocycles. The first-order valence-corrected chi connectivity index (χ1v) is 5.99. The van der Waals surface area contributed by atoms with Gasteiger partial charge < -0.3 is 10.6 Å². The van der Waals surface area contributed by atoms with Crippen LogP contribution in [0.15, 0.2) is 0 Å². The van der Waals surface area contributed by atoms with E-state index in [1.807, 2.05) is 6.92 Å². The zero-order valence-corrected chi connectivity index (χ0v) is 9.94. The first-order chi connectivity index (χ1) is 7.88. The molecule has 0 spiro atoms. The maximum absolute atomic E-state index is 11.9. The van der Waals surface area contributed by atoms with Crippen molar-refractivity contribution >= 4 is 5.91 Å². The monoisotopic (exact) mass is 252 g/mol. The van der Waals surface area contributed by atoms with Gasteiger partial charge in [0.05, 0.1) is 6.04 Å². The maximum atomic E-state index is 11.9. The average Bonchev–Trinajstić information content (AvgIpc) is 2.19. The fourth-order valence-electron chi connectivity index (χ4n) is 1.97. The fraction of sp³-hybridized carbons (Fsp3) is 0.909. The first kappa shape index (κ1) is 14.3. The molecule has 1 rings (SSSR count). The van der Waals surface area contributed by atoms with Crippen LogP contribution in [0.5, 0.6) is 0 Å². The van der Waals surface area contributed by atoms with Gasteiger partial charge in [0.2, 0.25) is 5.91 Å². The normalized spacial score (nSPS) is 23.3. The van der Waals surface area contributed by atoms with E-state index in [9.17, 15) is 18.0 Å². The molecule has 1 fully saturated rings. The van der Waals surface area contributed by atoms with Gasteiger partial charge in [-0.15, -0.1) is 0 Å². The Morgan fingerprint density at radius 1 is 1.53 bits per heavy atom. The summed E-state index contributed by atoms with van der Waals surface area (Å²) >= 11 is 0. The Morgan fingerprint density at radius 2 is 2.24 bits per heavy atom. The topological polar surface area (TPSA) is 41.1 Å². The summed E-state index contributed by atoms with van der Waals surface area (Å²) in [5, 5.41) is 5.81. The number of carbonyl (C=O) groups is 1. The lowest BCUT2D eigenvalue weighted by Gasteiger charge is -2.26. The maximum Gasteiger partial charge on any atom is 0.389 e. The molecule has 0 aromatic heterocycles. The quantitative estimate of drug-likeness (QED) is 0.785. The van der Waals surface area contributed by atoms with Crippen molar-refractivity contribution in [2.45, 2.75) is 57.3 Å². The molecule has 0 radical (unpaired) electrons. The van der Waals surface area contributed by atoms with Crippen molar-refractivity contribution in [3.63, 3.8) is 0 Å². The highest BCUT2D eigenvalue weighted by molar-refractivity contribution is 5.82. The zero-order valence-electron chi connectivity index (χ0n) is 9.94. The number of amides is 1. The smallest absolute Gasteiger partial charge is 0.355 e. The predicted molar refractivity (Wildman–Crippen MR) is 58.5 cm³/mol. The summed E-state index contributed by atoms with van der Waals surface area (Å²) < 4.78 is 35.8. The largest absolute Gasteiger partial charge is 0.389 e. The zero-order chi connectivity index (χ0) is 12.9. The van der Waals surface area contributed by atoms with Crippen LogP contribution < -0.4 is 10.6 Å². The SMILES string of the molecule is CC(CCCC(F)(F)F)NC1CCCNC1=O. The third kappa shape index (κ3) is 5.91. The van der Waals surface area contributed by atoms with Gasteiger partial charge in [-0.05, 0) is 32.6 Å². The molecule has 1 saturated heterocycles. The van der Waals surface area contributed by atoms with Crippen molar-refractivity contribution in [2.75, 3.05) is 6.54 Å². The molecule has 17 heavy (non-hydrogen) atoms. The Kier molecular flexibility index (Phi) is 5.24. The van der Waals surface area contributed by atoms with Crippen LogP contribution in [0.2, 0.25) is 0 Å². The van der Waals surface area contributed by atoms with Crippen LogP contribution in [0.4, 0.5) is 13.2 Å². The van der Waals surface area contributed by atoms with E-state index in [-0.39, 0.29) is 24.4 Å². The molecule has 3 nitrogen and oxygen atoms in total. The van der Waals surface area contributed by atoms with Crippen LogP contribution in [0.25, 0.3) is 0 Å². The minimum atomic E-state index is -4.08. The van der Waals surface area contributed by atoms with Crippen molar-refractivity contribution in [1.29, 1.82) is 0 Å². The van der Waals surface area contributed by atoms with Crippen LogP contribution in [0.3, 0.4) is 0 Å². The van der Waals surface area contributed by atoms with Gasteiger partial charge in [0.1, 0.15) is 0 Å². The minimum Gasteiger partial charge on any atom is -0.355 e. The molecule has 1 amide bonds. The number of halogens is 3. The van der Waals surface area contributed by atoms with E-state index >= 15 is 0 Å². The van der Waals surface area contributed by atoms with Gasteiger partial charge in [-0.25, -0.2) is 0 Å². The Bertz CT molecular complexity index is 256. The molecule has 6 heteroatoms. The van der Waals surface area contributed by atoms with Gasteiger partial charge >= 0.3 is 6.18 Å². The molecule has 2 unspecified atom stereocenters. The summed E-state index contributed by atoms with van der Waals surface area (Å²) in [5.74, 6) is -0.0427. The summed E-state index contributed by atoms with van der Waals surface area (Å²) in [6.45, 7) is 2.51. The number of rotatable bonds is 5. The third-order valence-electron chi connectivity index (χ3n) is 2.87. The summed E-state index contributed by atoms with van der Waals surface area (Å²) in [5.41, 5.74) is 0. The lowest BCUT2D eigenvalue weighted by Crippen LogP contribution is -2.50. The molecule has 0 aromatic carbocycles.